The first-order chi connectivity index (χ1) is 14.7. The molecule has 2 aromatic carbocycles. The van der Waals surface area contributed by atoms with Gasteiger partial charge in [-0.3, -0.25) is 10.1 Å². The van der Waals surface area contributed by atoms with Gasteiger partial charge < -0.3 is 4.74 Å². The number of nitro benzene ring substituents is 1. The first kappa shape index (κ1) is 20.0. The van der Waals surface area contributed by atoms with Crippen molar-refractivity contribution in [2.24, 2.45) is 0 Å². The summed E-state index contributed by atoms with van der Waals surface area (Å²) in [4.78, 5) is 20.0. The fraction of sp³-hybridized carbons (Fsp3) is 0.333. The molecule has 0 atom stereocenters. The van der Waals surface area contributed by atoms with Crippen LogP contribution in [-0.4, -0.2) is 21.5 Å². The van der Waals surface area contributed by atoms with Gasteiger partial charge in [-0.2, -0.15) is 4.98 Å². The molecule has 0 saturated heterocycles. The molecule has 1 saturated carbocycles. The number of nitrogens with zero attached hydrogens (tertiary/aromatic N) is 3. The van der Waals surface area contributed by atoms with Gasteiger partial charge in [0.15, 0.2) is 5.82 Å². The number of ether oxygens (including phenoxy) is 1. The highest BCUT2D eigenvalue weighted by molar-refractivity contribution is 5.58. The molecule has 1 fully saturated rings. The first-order valence-electron chi connectivity index (χ1n) is 10.5. The Hall–Kier alpha value is -3.28. The Morgan fingerprint density at radius 3 is 2.40 bits per heavy atom. The molecular formula is C24H25N3O3. The van der Waals surface area contributed by atoms with Crippen LogP contribution in [0.5, 0.6) is 5.88 Å². The van der Waals surface area contributed by atoms with Crippen LogP contribution in [0.3, 0.4) is 0 Å². The van der Waals surface area contributed by atoms with E-state index < -0.39 is 4.92 Å². The Morgan fingerprint density at radius 2 is 1.70 bits per heavy atom. The first-order valence-corrected chi connectivity index (χ1v) is 10.5. The van der Waals surface area contributed by atoms with E-state index in [0.29, 0.717) is 24.2 Å². The molecule has 30 heavy (non-hydrogen) atoms. The predicted molar refractivity (Wildman–Crippen MR) is 116 cm³/mol. The maximum Gasteiger partial charge on any atom is 0.269 e. The van der Waals surface area contributed by atoms with E-state index in [9.17, 15) is 10.1 Å². The molecule has 0 spiro atoms. The monoisotopic (exact) mass is 403 g/mol. The van der Waals surface area contributed by atoms with Crippen LogP contribution in [0, 0.1) is 10.1 Å². The van der Waals surface area contributed by atoms with Crippen LogP contribution >= 0.6 is 0 Å². The van der Waals surface area contributed by atoms with E-state index >= 15 is 0 Å². The van der Waals surface area contributed by atoms with Crippen LogP contribution in [0.15, 0.2) is 60.7 Å². The Labute approximate surface area is 176 Å². The Morgan fingerprint density at radius 1 is 0.967 bits per heavy atom. The van der Waals surface area contributed by atoms with Crippen LogP contribution in [0.1, 0.15) is 49.3 Å². The smallest absolute Gasteiger partial charge is 0.269 e. The number of non-ortho nitro benzene ring substituents is 1. The molecule has 1 aliphatic carbocycles. The van der Waals surface area contributed by atoms with E-state index in [1.165, 1.54) is 37.0 Å². The highest BCUT2D eigenvalue weighted by Gasteiger charge is 2.20. The van der Waals surface area contributed by atoms with Crippen LogP contribution in [0.4, 0.5) is 5.69 Å². The Balaban J connectivity index is 1.58. The van der Waals surface area contributed by atoms with Crippen LogP contribution in [-0.2, 0) is 6.42 Å². The molecule has 1 aliphatic rings. The average molecular weight is 403 g/mol. The normalized spacial score (nSPS) is 14.4. The van der Waals surface area contributed by atoms with Crippen LogP contribution in [0.25, 0.3) is 11.4 Å². The fourth-order valence-electron chi connectivity index (χ4n) is 3.90. The largest absolute Gasteiger partial charge is 0.477 e. The van der Waals surface area contributed by atoms with E-state index in [-0.39, 0.29) is 5.69 Å². The fourth-order valence-corrected chi connectivity index (χ4v) is 3.90. The zero-order chi connectivity index (χ0) is 20.8. The van der Waals surface area contributed by atoms with Crippen LogP contribution < -0.4 is 4.74 Å². The van der Waals surface area contributed by atoms with E-state index in [1.54, 1.807) is 12.1 Å². The minimum Gasteiger partial charge on any atom is -0.477 e. The number of hydrogen-bond donors (Lipinski definition) is 0. The summed E-state index contributed by atoms with van der Waals surface area (Å²) < 4.78 is 6.01. The molecule has 0 unspecified atom stereocenters. The van der Waals surface area contributed by atoms with Crippen LogP contribution in [0.2, 0.25) is 0 Å². The van der Waals surface area contributed by atoms with Crippen molar-refractivity contribution >= 4 is 5.69 Å². The topological polar surface area (TPSA) is 78.2 Å². The van der Waals surface area contributed by atoms with Gasteiger partial charge in [0.05, 0.1) is 17.2 Å². The van der Waals surface area contributed by atoms with Gasteiger partial charge in [-0.05, 0) is 30.5 Å². The van der Waals surface area contributed by atoms with Crippen molar-refractivity contribution in [3.05, 3.63) is 82.0 Å². The SMILES string of the molecule is O=[N+]([O-])c1ccc(-c2nc(OCCc3ccccc3)cc(C3CCCCC3)n2)cc1. The number of aromatic nitrogens is 2. The average Bonchev–Trinajstić information content (AvgIpc) is 2.80. The highest BCUT2D eigenvalue weighted by atomic mass is 16.6. The molecule has 1 aromatic heterocycles. The highest BCUT2D eigenvalue weighted by Crippen LogP contribution is 2.34. The molecule has 0 radical (unpaired) electrons. The summed E-state index contributed by atoms with van der Waals surface area (Å²) in [5.74, 6) is 1.53. The number of nitro groups is 1. The van der Waals surface area contributed by atoms with Gasteiger partial charge in [0.1, 0.15) is 0 Å². The summed E-state index contributed by atoms with van der Waals surface area (Å²) in [6.45, 7) is 0.533. The maximum atomic E-state index is 11.0. The quantitative estimate of drug-likeness (QED) is 0.372. The van der Waals surface area contributed by atoms with Gasteiger partial charge in [0.25, 0.3) is 5.69 Å². The molecule has 3 aromatic rings. The molecule has 6 heteroatoms. The summed E-state index contributed by atoms with van der Waals surface area (Å²) in [6.07, 6.45) is 6.76. The van der Waals surface area contributed by atoms with E-state index in [1.807, 2.05) is 24.3 Å². The number of benzene rings is 2. The van der Waals surface area contributed by atoms with Crippen molar-refractivity contribution in [1.82, 2.24) is 9.97 Å². The third-order valence-corrected chi connectivity index (χ3v) is 5.57. The molecule has 1 heterocycles. The molecule has 0 aliphatic heterocycles. The summed E-state index contributed by atoms with van der Waals surface area (Å²) >= 11 is 0. The van der Waals surface area contributed by atoms with E-state index in [4.69, 9.17) is 9.72 Å². The molecule has 0 bridgehead atoms. The molecular weight excluding hydrogens is 378 g/mol. The second-order valence-electron chi connectivity index (χ2n) is 7.68. The van der Waals surface area contributed by atoms with Crippen molar-refractivity contribution in [3.63, 3.8) is 0 Å². The van der Waals surface area contributed by atoms with Gasteiger partial charge in [0.2, 0.25) is 5.88 Å². The third kappa shape index (κ3) is 5.00. The molecule has 4 rings (SSSR count). The van der Waals surface area contributed by atoms with Crippen molar-refractivity contribution in [2.75, 3.05) is 6.61 Å². The lowest BCUT2D eigenvalue weighted by Gasteiger charge is -2.22. The van der Waals surface area contributed by atoms with Gasteiger partial charge in [-0.25, -0.2) is 4.98 Å². The maximum absolute atomic E-state index is 11.0. The minimum atomic E-state index is -0.402. The lowest BCUT2D eigenvalue weighted by atomic mass is 9.87. The Kier molecular flexibility index (Phi) is 6.32. The lowest BCUT2D eigenvalue weighted by Crippen LogP contribution is -2.10. The van der Waals surface area contributed by atoms with E-state index in [2.05, 4.69) is 17.1 Å². The number of hydrogen-bond acceptors (Lipinski definition) is 5. The zero-order valence-corrected chi connectivity index (χ0v) is 16.9. The lowest BCUT2D eigenvalue weighted by molar-refractivity contribution is -0.384. The summed E-state index contributed by atoms with van der Waals surface area (Å²) in [5, 5.41) is 11.0. The molecule has 0 amide bonds. The second kappa shape index (κ2) is 9.48. The molecule has 0 N–H and O–H groups in total. The molecule has 6 nitrogen and oxygen atoms in total. The van der Waals surface area contributed by atoms with Crippen molar-refractivity contribution in [3.8, 4) is 17.3 Å². The van der Waals surface area contributed by atoms with Gasteiger partial charge >= 0.3 is 0 Å². The minimum absolute atomic E-state index is 0.0570. The van der Waals surface area contributed by atoms with Crippen molar-refractivity contribution in [2.45, 2.75) is 44.4 Å². The van der Waals surface area contributed by atoms with Crippen molar-refractivity contribution in [1.29, 1.82) is 0 Å². The predicted octanol–water partition coefficient (Wildman–Crippen LogP) is 5.72. The molecule has 154 valence electrons. The van der Waals surface area contributed by atoms with Gasteiger partial charge in [0, 0.05) is 36.1 Å². The Bertz CT molecular complexity index is 984. The van der Waals surface area contributed by atoms with Gasteiger partial charge in [-0.1, -0.05) is 49.6 Å². The number of rotatable bonds is 7. The summed E-state index contributed by atoms with van der Waals surface area (Å²) in [6, 6.07) is 18.6. The van der Waals surface area contributed by atoms with Gasteiger partial charge in [-0.15, -0.1) is 0 Å². The van der Waals surface area contributed by atoms with E-state index in [0.717, 1.165) is 30.5 Å². The zero-order valence-electron chi connectivity index (χ0n) is 16.9. The second-order valence-corrected chi connectivity index (χ2v) is 7.68. The third-order valence-electron chi connectivity index (χ3n) is 5.57. The summed E-state index contributed by atoms with van der Waals surface area (Å²) in [7, 11) is 0. The summed E-state index contributed by atoms with van der Waals surface area (Å²) in [5.41, 5.74) is 3.04. The van der Waals surface area contributed by atoms with Crippen molar-refractivity contribution < 1.29 is 9.66 Å². The standard InChI is InChI=1S/C24H25N3O3/c28-27(29)21-13-11-20(12-14-21)24-25-22(19-9-5-2-6-10-19)17-23(26-24)30-16-15-18-7-3-1-4-8-18/h1,3-4,7-8,11-14,17,19H,2,5-6,9-10,15-16H2.